The van der Waals surface area contributed by atoms with E-state index in [9.17, 15) is 0 Å². The lowest BCUT2D eigenvalue weighted by Crippen LogP contribution is -2.01. The molecule has 0 unspecified atom stereocenters. The average molecular weight is 230 g/mol. The molecule has 0 saturated carbocycles. The molecule has 0 amide bonds. The van der Waals surface area contributed by atoms with Crippen molar-refractivity contribution in [3.63, 3.8) is 0 Å². The van der Waals surface area contributed by atoms with Gasteiger partial charge in [0.15, 0.2) is 5.82 Å². The van der Waals surface area contributed by atoms with Crippen molar-refractivity contribution in [1.82, 2.24) is 25.2 Å². The van der Waals surface area contributed by atoms with Crippen molar-refractivity contribution < 1.29 is 0 Å². The molecule has 72 valence electrons. The van der Waals surface area contributed by atoms with Gasteiger partial charge in [0, 0.05) is 6.20 Å². The molecule has 0 aromatic carbocycles. The number of pyridine rings is 1. The summed E-state index contributed by atoms with van der Waals surface area (Å²) in [5, 5.41) is 11.5. The maximum Gasteiger partial charge on any atom is 0.171 e. The summed E-state index contributed by atoms with van der Waals surface area (Å²) in [5.74, 6) is 0.787. The number of hydrogen-bond acceptors (Lipinski definition) is 4. The number of tetrazole rings is 1. The molecule has 0 N–H and O–H groups in total. The third-order valence-corrected chi connectivity index (χ3v) is 2.03. The summed E-state index contributed by atoms with van der Waals surface area (Å²) in [6.07, 6.45) is 3.15. The van der Waals surface area contributed by atoms with Crippen LogP contribution in [0.3, 0.4) is 0 Å². The highest BCUT2D eigenvalue weighted by atomic mass is 35.5. The van der Waals surface area contributed by atoms with E-state index in [0.29, 0.717) is 16.5 Å². The van der Waals surface area contributed by atoms with Crippen LogP contribution in [-0.4, -0.2) is 25.2 Å². The minimum absolute atomic E-state index is 0.236. The van der Waals surface area contributed by atoms with Crippen LogP contribution in [0.15, 0.2) is 18.5 Å². The summed E-state index contributed by atoms with van der Waals surface area (Å²) in [4.78, 5) is 3.92. The number of rotatable bonds is 2. The van der Waals surface area contributed by atoms with Crippen LogP contribution in [-0.2, 0) is 5.88 Å². The van der Waals surface area contributed by atoms with Gasteiger partial charge in [-0.25, -0.2) is 0 Å². The van der Waals surface area contributed by atoms with E-state index in [1.807, 2.05) is 0 Å². The van der Waals surface area contributed by atoms with Crippen molar-refractivity contribution in [3.8, 4) is 5.69 Å². The van der Waals surface area contributed by atoms with Crippen LogP contribution in [0.25, 0.3) is 5.69 Å². The van der Waals surface area contributed by atoms with Gasteiger partial charge in [0.1, 0.15) is 0 Å². The molecule has 0 bridgehead atoms. The zero-order valence-electron chi connectivity index (χ0n) is 6.93. The van der Waals surface area contributed by atoms with Gasteiger partial charge in [0.25, 0.3) is 0 Å². The molecule has 2 rings (SSSR count). The van der Waals surface area contributed by atoms with Crippen LogP contribution < -0.4 is 0 Å². The van der Waals surface area contributed by atoms with Crippen molar-refractivity contribution >= 4 is 23.2 Å². The van der Waals surface area contributed by atoms with Crippen LogP contribution >= 0.6 is 23.2 Å². The Hall–Kier alpha value is -1.20. The van der Waals surface area contributed by atoms with E-state index in [4.69, 9.17) is 23.2 Å². The first kappa shape index (κ1) is 9.36. The highest BCUT2D eigenvalue weighted by molar-refractivity contribution is 6.30. The highest BCUT2D eigenvalue weighted by Gasteiger charge is 2.06. The van der Waals surface area contributed by atoms with Gasteiger partial charge in [-0.2, -0.15) is 4.68 Å². The molecule has 7 heteroatoms. The third kappa shape index (κ3) is 1.69. The van der Waals surface area contributed by atoms with Crippen LogP contribution in [0.2, 0.25) is 5.02 Å². The molecule has 2 aromatic rings. The lowest BCUT2D eigenvalue weighted by molar-refractivity contribution is 0.774. The second-order valence-corrected chi connectivity index (χ2v) is 3.21. The van der Waals surface area contributed by atoms with Crippen LogP contribution in [0.5, 0.6) is 0 Å². The number of hydrogen-bond donors (Lipinski definition) is 0. The fourth-order valence-electron chi connectivity index (χ4n) is 1.01. The van der Waals surface area contributed by atoms with E-state index in [2.05, 4.69) is 20.5 Å². The fourth-order valence-corrected chi connectivity index (χ4v) is 1.34. The predicted molar refractivity (Wildman–Crippen MR) is 51.5 cm³/mol. The lowest BCUT2D eigenvalue weighted by atomic mass is 10.4. The van der Waals surface area contributed by atoms with Gasteiger partial charge in [0.05, 0.1) is 22.8 Å². The maximum atomic E-state index is 5.78. The third-order valence-electron chi connectivity index (χ3n) is 1.59. The standard InChI is InChI=1S/C7H5Cl2N5/c8-2-7-11-12-13-14(7)6-1-5(9)3-10-4-6/h1,3-4H,2H2. The van der Waals surface area contributed by atoms with Gasteiger partial charge in [-0.15, -0.1) is 16.7 Å². The zero-order chi connectivity index (χ0) is 9.97. The van der Waals surface area contributed by atoms with Gasteiger partial charge < -0.3 is 0 Å². The zero-order valence-corrected chi connectivity index (χ0v) is 8.44. The maximum absolute atomic E-state index is 5.78. The Morgan fingerprint density at radius 1 is 1.36 bits per heavy atom. The first-order valence-electron chi connectivity index (χ1n) is 3.75. The molecule has 0 aliphatic rings. The largest absolute Gasteiger partial charge is 0.261 e. The molecule has 2 heterocycles. The Labute approximate surface area is 89.7 Å². The van der Waals surface area contributed by atoms with Crippen molar-refractivity contribution in [3.05, 3.63) is 29.3 Å². The average Bonchev–Trinajstić information content (AvgIpc) is 2.65. The van der Waals surface area contributed by atoms with E-state index < -0.39 is 0 Å². The fraction of sp³-hybridized carbons (Fsp3) is 0.143. The predicted octanol–water partition coefficient (Wildman–Crippen LogP) is 1.45. The summed E-state index contributed by atoms with van der Waals surface area (Å²) in [6, 6.07) is 1.71. The minimum atomic E-state index is 0.236. The van der Waals surface area contributed by atoms with Crippen LogP contribution in [0.4, 0.5) is 0 Å². The van der Waals surface area contributed by atoms with Crippen LogP contribution in [0, 0.1) is 0 Å². The summed E-state index contributed by atoms with van der Waals surface area (Å²) in [7, 11) is 0. The van der Waals surface area contributed by atoms with E-state index >= 15 is 0 Å². The SMILES string of the molecule is ClCc1nnnn1-c1cncc(Cl)c1. The van der Waals surface area contributed by atoms with Crippen LogP contribution in [0.1, 0.15) is 5.82 Å². The quantitative estimate of drug-likeness (QED) is 0.732. The van der Waals surface area contributed by atoms with Gasteiger partial charge in [-0.1, -0.05) is 11.6 Å². The van der Waals surface area contributed by atoms with E-state index in [1.54, 1.807) is 12.3 Å². The van der Waals surface area contributed by atoms with Gasteiger partial charge >= 0.3 is 0 Å². The Morgan fingerprint density at radius 3 is 2.93 bits per heavy atom. The second-order valence-electron chi connectivity index (χ2n) is 2.50. The molecule has 0 spiro atoms. The van der Waals surface area contributed by atoms with Crippen molar-refractivity contribution in [1.29, 1.82) is 0 Å². The molecule has 0 saturated heterocycles. The van der Waals surface area contributed by atoms with Crippen molar-refractivity contribution in [2.24, 2.45) is 0 Å². The summed E-state index contributed by atoms with van der Waals surface area (Å²) in [5.41, 5.74) is 0.693. The topological polar surface area (TPSA) is 56.5 Å². The first-order chi connectivity index (χ1) is 6.81. The van der Waals surface area contributed by atoms with E-state index in [0.717, 1.165) is 0 Å². The van der Waals surface area contributed by atoms with E-state index in [-0.39, 0.29) is 5.88 Å². The van der Waals surface area contributed by atoms with Gasteiger partial charge in [0.2, 0.25) is 0 Å². The number of nitrogens with zero attached hydrogens (tertiary/aromatic N) is 5. The normalized spacial score (nSPS) is 10.4. The molecule has 14 heavy (non-hydrogen) atoms. The first-order valence-corrected chi connectivity index (χ1v) is 4.66. The Morgan fingerprint density at radius 2 is 2.21 bits per heavy atom. The molecular weight excluding hydrogens is 225 g/mol. The minimum Gasteiger partial charge on any atom is -0.261 e. The highest BCUT2D eigenvalue weighted by Crippen LogP contribution is 2.13. The smallest absolute Gasteiger partial charge is 0.171 e. The number of alkyl halides is 1. The van der Waals surface area contributed by atoms with Gasteiger partial charge in [-0.05, 0) is 16.5 Å². The molecule has 0 fully saturated rings. The Balaban J connectivity index is 2.49. The summed E-state index contributed by atoms with van der Waals surface area (Å²) < 4.78 is 1.49. The van der Waals surface area contributed by atoms with Crippen molar-refractivity contribution in [2.75, 3.05) is 0 Å². The monoisotopic (exact) mass is 229 g/mol. The summed E-state index contributed by atoms with van der Waals surface area (Å²) in [6.45, 7) is 0. The molecule has 0 radical (unpaired) electrons. The Kier molecular flexibility index (Phi) is 2.60. The van der Waals surface area contributed by atoms with E-state index in [1.165, 1.54) is 10.9 Å². The molecular formula is C7H5Cl2N5. The lowest BCUT2D eigenvalue weighted by Gasteiger charge is -2.01. The van der Waals surface area contributed by atoms with Crippen molar-refractivity contribution in [2.45, 2.75) is 5.88 Å². The number of halogens is 2. The molecule has 5 nitrogen and oxygen atoms in total. The second kappa shape index (κ2) is 3.89. The number of aromatic nitrogens is 5. The molecule has 0 atom stereocenters. The molecule has 0 aliphatic heterocycles. The Bertz CT molecular complexity index is 441. The molecule has 0 aliphatic carbocycles. The summed E-state index contributed by atoms with van der Waals surface area (Å²) >= 11 is 11.4. The molecule has 2 aromatic heterocycles. The van der Waals surface area contributed by atoms with Gasteiger partial charge in [-0.3, -0.25) is 4.98 Å².